The van der Waals surface area contributed by atoms with Crippen molar-refractivity contribution in [2.45, 2.75) is 38.1 Å². The van der Waals surface area contributed by atoms with E-state index in [0.717, 1.165) is 40.7 Å². The summed E-state index contributed by atoms with van der Waals surface area (Å²) in [5.41, 5.74) is 2.95. The number of hydrogen-bond donors (Lipinski definition) is 1. The lowest BCUT2D eigenvalue weighted by atomic mass is 10.2. The first-order chi connectivity index (χ1) is 14.1. The molecule has 0 aromatic carbocycles. The van der Waals surface area contributed by atoms with Crippen LogP contribution in [0, 0.1) is 5.92 Å². The highest BCUT2D eigenvalue weighted by molar-refractivity contribution is 8.13. The van der Waals surface area contributed by atoms with Gasteiger partial charge in [0, 0.05) is 24.9 Å². The average Bonchev–Trinajstić information content (AvgIpc) is 3.48. The van der Waals surface area contributed by atoms with Gasteiger partial charge in [-0.05, 0) is 61.7 Å². The molecular formula is C21H24N6OS. The van der Waals surface area contributed by atoms with Gasteiger partial charge in [-0.25, -0.2) is 9.50 Å². The second-order valence-electron chi connectivity index (χ2n) is 7.09. The van der Waals surface area contributed by atoms with Crippen LogP contribution in [0.1, 0.15) is 33.1 Å². The number of carbonyl (C=O) groups is 1. The van der Waals surface area contributed by atoms with Crippen LogP contribution in [0.25, 0.3) is 5.65 Å². The number of rotatable bonds is 4. The third-order valence-corrected chi connectivity index (χ3v) is 5.62. The maximum atomic E-state index is 12.0. The van der Waals surface area contributed by atoms with E-state index in [-0.39, 0.29) is 11.8 Å². The van der Waals surface area contributed by atoms with E-state index in [9.17, 15) is 4.79 Å². The Labute approximate surface area is 174 Å². The first-order valence-corrected chi connectivity index (χ1v) is 10.6. The van der Waals surface area contributed by atoms with Crippen molar-refractivity contribution < 1.29 is 4.79 Å². The quantitative estimate of drug-likeness (QED) is 0.466. The van der Waals surface area contributed by atoms with Crippen LogP contribution >= 0.6 is 11.8 Å². The van der Waals surface area contributed by atoms with Crippen LogP contribution in [0.2, 0.25) is 0 Å². The zero-order valence-electron chi connectivity index (χ0n) is 16.8. The Morgan fingerprint density at radius 2 is 2.21 bits per heavy atom. The van der Waals surface area contributed by atoms with Crippen LogP contribution < -0.4 is 5.32 Å². The molecule has 0 atom stereocenters. The number of thioether (sulfide) groups is 1. The predicted octanol–water partition coefficient (Wildman–Crippen LogP) is 4.23. The van der Waals surface area contributed by atoms with Gasteiger partial charge in [-0.3, -0.25) is 14.7 Å². The predicted molar refractivity (Wildman–Crippen MR) is 117 cm³/mol. The van der Waals surface area contributed by atoms with E-state index in [0.29, 0.717) is 11.5 Å². The molecule has 150 valence electrons. The number of carbonyl (C=O) groups excluding carboxylic acids is 1. The molecule has 4 rings (SSSR count). The summed E-state index contributed by atoms with van der Waals surface area (Å²) in [4.78, 5) is 23.0. The van der Waals surface area contributed by atoms with Crippen LogP contribution in [-0.4, -0.2) is 37.6 Å². The maximum absolute atomic E-state index is 12.0. The van der Waals surface area contributed by atoms with Crippen molar-refractivity contribution in [3.8, 4) is 0 Å². The molecule has 1 fully saturated rings. The van der Waals surface area contributed by atoms with Crippen molar-refractivity contribution in [1.29, 1.82) is 0 Å². The highest BCUT2D eigenvalue weighted by Crippen LogP contribution is 2.30. The van der Waals surface area contributed by atoms with Gasteiger partial charge in [-0.15, -0.1) is 0 Å². The van der Waals surface area contributed by atoms with E-state index >= 15 is 0 Å². The molecule has 0 radical (unpaired) electrons. The van der Waals surface area contributed by atoms with Gasteiger partial charge in [0.15, 0.2) is 16.6 Å². The number of amidine groups is 1. The Hall–Kier alpha value is -2.87. The van der Waals surface area contributed by atoms with Gasteiger partial charge in [0.1, 0.15) is 5.03 Å². The lowest BCUT2D eigenvalue weighted by Crippen LogP contribution is -2.24. The van der Waals surface area contributed by atoms with E-state index in [4.69, 9.17) is 0 Å². The summed E-state index contributed by atoms with van der Waals surface area (Å²) < 4.78 is 1.69. The number of amides is 1. The highest BCUT2D eigenvalue weighted by Gasteiger charge is 2.30. The minimum Gasteiger partial charge on any atom is -0.309 e. The number of aliphatic imine (C=N–C) groups is 1. The Kier molecular flexibility index (Phi) is 5.53. The topological polar surface area (TPSA) is 74.9 Å². The van der Waals surface area contributed by atoms with Gasteiger partial charge in [0.05, 0.1) is 6.20 Å². The molecule has 2 aromatic heterocycles. The molecule has 3 heterocycles. The smallest absolute Gasteiger partial charge is 0.228 e. The average molecular weight is 409 g/mol. The molecule has 8 heteroatoms. The first-order valence-electron chi connectivity index (χ1n) is 9.75. The van der Waals surface area contributed by atoms with Gasteiger partial charge >= 0.3 is 0 Å². The molecule has 0 bridgehead atoms. The van der Waals surface area contributed by atoms with Crippen LogP contribution in [0.4, 0.5) is 5.82 Å². The van der Waals surface area contributed by atoms with Crippen molar-refractivity contribution >= 4 is 34.3 Å². The Morgan fingerprint density at radius 3 is 2.93 bits per heavy atom. The number of nitrogens with one attached hydrogen (secondary N) is 1. The van der Waals surface area contributed by atoms with E-state index in [1.165, 1.54) is 11.8 Å². The molecule has 0 unspecified atom stereocenters. The molecule has 29 heavy (non-hydrogen) atoms. The van der Waals surface area contributed by atoms with Crippen LogP contribution in [0.3, 0.4) is 0 Å². The Bertz CT molecular complexity index is 1060. The Balaban J connectivity index is 1.54. The van der Waals surface area contributed by atoms with Crippen LogP contribution in [0.15, 0.2) is 64.0 Å². The zero-order valence-corrected chi connectivity index (χ0v) is 17.6. The van der Waals surface area contributed by atoms with Gasteiger partial charge < -0.3 is 5.32 Å². The summed E-state index contributed by atoms with van der Waals surface area (Å²) >= 11 is 1.49. The van der Waals surface area contributed by atoms with Gasteiger partial charge in [0.25, 0.3) is 0 Å². The molecule has 0 spiro atoms. The fourth-order valence-electron chi connectivity index (χ4n) is 3.01. The largest absolute Gasteiger partial charge is 0.309 e. The van der Waals surface area contributed by atoms with Crippen LogP contribution in [0.5, 0.6) is 0 Å². The monoisotopic (exact) mass is 408 g/mol. The number of anilines is 1. The molecule has 1 aliphatic carbocycles. The second kappa shape index (κ2) is 8.24. The first kappa shape index (κ1) is 19.4. The molecular weight excluding hydrogens is 384 g/mol. The molecule has 0 saturated heterocycles. The fraction of sp³-hybridized carbons (Fsp3) is 0.333. The summed E-state index contributed by atoms with van der Waals surface area (Å²) in [5, 5.41) is 9.14. The summed E-state index contributed by atoms with van der Waals surface area (Å²) in [6.07, 6.45) is 13.1. The number of aromatic nitrogens is 3. The second-order valence-corrected chi connectivity index (χ2v) is 8.07. The highest BCUT2D eigenvalue weighted by atomic mass is 32.2. The lowest BCUT2D eigenvalue weighted by molar-refractivity contribution is -0.117. The number of hydrogen-bond acceptors (Lipinski definition) is 5. The summed E-state index contributed by atoms with van der Waals surface area (Å²) in [5.74, 6) is 0.718. The van der Waals surface area contributed by atoms with Gasteiger partial charge in [-0.1, -0.05) is 19.1 Å². The van der Waals surface area contributed by atoms with E-state index < -0.39 is 0 Å². The molecule has 1 amide bonds. The lowest BCUT2D eigenvalue weighted by Gasteiger charge is -2.25. The number of nitrogens with zero attached hydrogens (tertiary/aromatic N) is 5. The maximum Gasteiger partial charge on any atom is 0.228 e. The molecule has 2 aromatic rings. The zero-order chi connectivity index (χ0) is 20.4. The fourth-order valence-corrected chi connectivity index (χ4v) is 3.81. The third-order valence-electron chi connectivity index (χ3n) is 4.63. The van der Waals surface area contributed by atoms with Gasteiger partial charge in [-0.2, -0.15) is 5.10 Å². The SMILES string of the molecule is CCC=C1C=CC(C)=CN1C(=NC)Sc1ccc2nc(NC(=O)C3CC3)cn2n1. The standard InChI is InChI=1S/C21H24N6OS/c1-4-5-16-9-6-14(2)12-26(16)21(22-3)29-19-11-10-18-23-17(13-27(18)25-19)24-20(28)15-7-8-15/h5-6,9-13,15H,4,7-8H2,1-3H3,(H,24,28). The van der Waals surface area contributed by atoms with Crippen molar-refractivity contribution in [3.05, 3.63) is 54.0 Å². The molecule has 7 nitrogen and oxygen atoms in total. The third kappa shape index (κ3) is 4.42. The van der Waals surface area contributed by atoms with Crippen LogP contribution in [-0.2, 0) is 4.79 Å². The van der Waals surface area contributed by atoms with E-state index in [1.54, 1.807) is 17.8 Å². The number of fused-ring (bicyclic) bond motifs is 1. The van der Waals surface area contributed by atoms with Crippen molar-refractivity contribution in [2.75, 3.05) is 12.4 Å². The van der Waals surface area contributed by atoms with E-state index in [2.05, 4.69) is 63.6 Å². The summed E-state index contributed by atoms with van der Waals surface area (Å²) in [6.45, 7) is 4.19. The molecule has 1 N–H and O–H groups in total. The van der Waals surface area contributed by atoms with Crippen molar-refractivity contribution in [1.82, 2.24) is 19.5 Å². The van der Waals surface area contributed by atoms with E-state index in [1.807, 2.05) is 12.1 Å². The normalized spacial score (nSPS) is 18.4. The Morgan fingerprint density at radius 1 is 1.38 bits per heavy atom. The summed E-state index contributed by atoms with van der Waals surface area (Å²) in [6, 6.07) is 3.82. The van der Waals surface area contributed by atoms with Gasteiger partial charge in [0.2, 0.25) is 5.91 Å². The van der Waals surface area contributed by atoms with Crippen molar-refractivity contribution in [3.63, 3.8) is 0 Å². The molecule has 1 saturated carbocycles. The molecule has 1 aliphatic heterocycles. The van der Waals surface area contributed by atoms with Crippen molar-refractivity contribution in [2.24, 2.45) is 10.9 Å². The summed E-state index contributed by atoms with van der Waals surface area (Å²) in [7, 11) is 1.79. The minimum absolute atomic E-state index is 0.0407. The molecule has 2 aliphatic rings. The number of allylic oxidation sites excluding steroid dienone is 4. The minimum atomic E-state index is 0.0407. The number of imidazole rings is 1.